The Morgan fingerprint density at radius 2 is 2.04 bits per heavy atom. The number of hydrogen-bond acceptors (Lipinski definition) is 5. The molecule has 0 saturated carbocycles. The van der Waals surface area contributed by atoms with Gasteiger partial charge in [0.25, 0.3) is 5.91 Å². The maximum Gasteiger partial charge on any atom is 0.260 e. The molecular formula is C20H19N3O2S. The number of fused-ring (bicyclic) bond motifs is 4. The fraction of sp³-hybridized carbons (Fsp3) is 0.350. The van der Waals surface area contributed by atoms with Crippen LogP contribution < -0.4 is 4.74 Å². The Kier molecular flexibility index (Phi) is 3.85. The molecule has 1 aliphatic carbocycles. The van der Waals surface area contributed by atoms with Crippen molar-refractivity contribution < 1.29 is 9.53 Å². The van der Waals surface area contributed by atoms with Crippen molar-refractivity contribution in [2.75, 3.05) is 13.2 Å². The number of hydrogen-bond donors (Lipinski definition) is 0. The molecule has 0 atom stereocenters. The van der Waals surface area contributed by atoms with Crippen LogP contribution >= 0.6 is 11.3 Å². The van der Waals surface area contributed by atoms with E-state index in [1.807, 2.05) is 11.0 Å². The summed E-state index contributed by atoms with van der Waals surface area (Å²) in [5.41, 5.74) is 3.89. The Balaban J connectivity index is 1.33. The third kappa shape index (κ3) is 2.65. The minimum atomic E-state index is 0.0122. The summed E-state index contributed by atoms with van der Waals surface area (Å²) in [6.45, 7) is 1.43. The number of rotatable bonds is 3. The van der Waals surface area contributed by atoms with E-state index in [1.54, 1.807) is 11.3 Å². The minimum absolute atomic E-state index is 0.0122. The SMILES string of the molecule is O=C(COc1ncnc2sc3c(c12)CCC3)N1CCc2ccccc2C1. The molecule has 0 unspecified atom stereocenters. The van der Waals surface area contributed by atoms with E-state index in [-0.39, 0.29) is 12.5 Å². The van der Waals surface area contributed by atoms with E-state index in [2.05, 4.69) is 28.2 Å². The highest BCUT2D eigenvalue weighted by atomic mass is 32.1. The van der Waals surface area contributed by atoms with Gasteiger partial charge in [0.2, 0.25) is 5.88 Å². The topological polar surface area (TPSA) is 55.3 Å². The first-order valence-corrected chi connectivity index (χ1v) is 9.84. The zero-order chi connectivity index (χ0) is 17.5. The molecule has 3 aromatic rings. The van der Waals surface area contributed by atoms with Gasteiger partial charge in [0.15, 0.2) is 6.61 Å². The molecule has 1 aliphatic heterocycles. The van der Waals surface area contributed by atoms with Gasteiger partial charge < -0.3 is 9.64 Å². The van der Waals surface area contributed by atoms with Gasteiger partial charge in [-0.25, -0.2) is 9.97 Å². The van der Waals surface area contributed by atoms with Gasteiger partial charge in [-0.1, -0.05) is 24.3 Å². The van der Waals surface area contributed by atoms with Gasteiger partial charge in [0.05, 0.1) is 5.39 Å². The predicted molar refractivity (Wildman–Crippen MR) is 100 cm³/mol. The molecule has 2 aromatic heterocycles. The molecule has 132 valence electrons. The fourth-order valence-corrected chi connectivity index (χ4v) is 5.16. The van der Waals surface area contributed by atoms with Crippen LogP contribution in [0.15, 0.2) is 30.6 Å². The number of carbonyl (C=O) groups excluding carboxylic acids is 1. The van der Waals surface area contributed by atoms with Crippen LogP contribution in [-0.2, 0) is 30.6 Å². The first-order chi connectivity index (χ1) is 12.8. The molecule has 1 amide bonds. The monoisotopic (exact) mass is 365 g/mol. The Morgan fingerprint density at radius 3 is 2.96 bits per heavy atom. The highest BCUT2D eigenvalue weighted by Gasteiger charge is 2.24. The number of ether oxygens (including phenoxy) is 1. The highest BCUT2D eigenvalue weighted by molar-refractivity contribution is 7.18. The lowest BCUT2D eigenvalue weighted by atomic mass is 10.00. The van der Waals surface area contributed by atoms with Crippen molar-refractivity contribution in [3.63, 3.8) is 0 Å². The van der Waals surface area contributed by atoms with E-state index in [0.717, 1.165) is 36.0 Å². The summed E-state index contributed by atoms with van der Waals surface area (Å²) >= 11 is 1.73. The summed E-state index contributed by atoms with van der Waals surface area (Å²) in [5.74, 6) is 0.568. The normalized spacial score (nSPS) is 15.8. The van der Waals surface area contributed by atoms with Crippen LogP contribution in [0.3, 0.4) is 0 Å². The van der Waals surface area contributed by atoms with Crippen molar-refractivity contribution in [2.45, 2.75) is 32.2 Å². The van der Waals surface area contributed by atoms with Gasteiger partial charge >= 0.3 is 0 Å². The second-order valence-electron chi connectivity index (χ2n) is 6.84. The number of nitrogens with zero attached hydrogens (tertiary/aromatic N) is 3. The Bertz CT molecular complexity index is 998. The Labute approximate surface area is 155 Å². The molecule has 0 bridgehead atoms. The van der Waals surface area contributed by atoms with E-state index >= 15 is 0 Å². The molecule has 1 aromatic carbocycles. The number of amides is 1. The maximum atomic E-state index is 12.6. The van der Waals surface area contributed by atoms with Gasteiger partial charge in [-0.05, 0) is 42.4 Å². The van der Waals surface area contributed by atoms with Crippen LogP contribution in [0.1, 0.15) is 28.0 Å². The van der Waals surface area contributed by atoms with Crippen LogP contribution in [0, 0.1) is 0 Å². The lowest BCUT2D eigenvalue weighted by molar-refractivity contribution is -0.134. The number of carbonyl (C=O) groups is 1. The molecule has 0 spiro atoms. The quantitative estimate of drug-likeness (QED) is 0.715. The summed E-state index contributed by atoms with van der Waals surface area (Å²) in [7, 11) is 0. The number of thiophene rings is 1. The van der Waals surface area contributed by atoms with E-state index in [4.69, 9.17) is 4.74 Å². The molecule has 0 N–H and O–H groups in total. The predicted octanol–water partition coefficient (Wildman–Crippen LogP) is 3.14. The largest absolute Gasteiger partial charge is 0.467 e. The van der Waals surface area contributed by atoms with Gasteiger partial charge in [-0.3, -0.25) is 4.79 Å². The van der Waals surface area contributed by atoms with Crippen molar-refractivity contribution >= 4 is 27.5 Å². The molecule has 5 nitrogen and oxygen atoms in total. The van der Waals surface area contributed by atoms with Crippen LogP contribution in [0.5, 0.6) is 5.88 Å². The number of aryl methyl sites for hydroxylation is 2. The zero-order valence-corrected chi connectivity index (χ0v) is 15.2. The Hall–Kier alpha value is -2.47. The molecule has 26 heavy (non-hydrogen) atoms. The highest BCUT2D eigenvalue weighted by Crippen LogP contribution is 2.39. The van der Waals surface area contributed by atoms with Gasteiger partial charge in [0, 0.05) is 18.0 Å². The molecule has 2 aliphatic rings. The standard InChI is InChI=1S/C20H19N3O2S/c24-17(23-9-8-13-4-1-2-5-14(13)10-23)11-25-19-18-15-6-3-7-16(15)26-20(18)22-12-21-19/h1-2,4-5,12H,3,6-11H2. The summed E-state index contributed by atoms with van der Waals surface area (Å²) < 4.78 is 5.87. The van der Waals surface area contributed by atoms with E-state index in [0.29, 0.717) is 12.4 Å². The zero-order valence-electron chi connectivity index (χ0n) is 14.4. The second-order valence-corrected chi connectivity index (χ2v) is 7.92. The van der Waals surface area contributed by atoms with Crippen molar-refractivity contribution in [3.8, 4) is 5.88 Å². The van der Waals surface area contributed by atoms with Gasteiger partial charge in [-0.2, -0.15) is 0 Å². The number of aromatic nitrogens is 2. The molecular weight excluding hydrogens is 346 g/mol. The number of benzene rings is 1. The average molecular weight is 365 g/mol. The van der Waals surface area contributed by atoms with Crippen LogP contribution in [0.4, 0.5) is 0 Å². The fourth-order valence-electron chi connectivity index (χ4n) is 3.94. The molecule has 5 rings (SSSR count). The second kappa shape index (κ2) is 6.36. The molecule has 0 radical (unpaired) electrons. The summed E-state index contributed by atoms with van der Waals surface area (Å²) in [6, 6.07) is 8.32. The van der Waals surface area contributed by atoms with Crippen molar-refractivity contribution in [3.05, 3.63) is 52.2 Å². The minimum Gasteiger partial charge on any atom is -0.467 e. The summed E-state index contributed by atoms with van der Waals surface area (Å²) in [4.78, 5) is 25.6. The molecule has 0 saturated heterocycles. The molecule has 0 fully saturated rings. The van der Waals surface area contributed by atoms with Gasteiger partial charge in [-0.15, -0.1) is 11.3 Å². The molecule has 3 heterocycles. The third-order valence-electron chi connectivity index (χ3n) is 5.28. The smallest absolute Gasteiger partial charge is 0.260 e. The average Bonchev–Trinajstić information content (AvgIpc) is 3.26. The molecule has 6 heteroatoms. The van der Waals surface area contributed by atoms with E-state index < -0.39 is 0 Å². The lowest BCUT2D eigenvalue weighted by Crippen LogP contribution is -2.38. The summed E-state index contributed by atoms with van der Waals surface area (Å²) in [6.07, 6.45) is 5.78. The summed E-state index contributed by atoms with van der Waals surface area (Å²) in [5, 5.41) is 1.02. The first-order valence-electron chi connectivity index (χ1n) is 9.02. The van der Waals surface area contributed by atoms with Crippen LogP contribution in [0.2, 0.25) is 0 Å². The van der Waals surface area contributed by atoms with Crippen molar-refractivity contribution in [1.29, 1.82) is 0 Å². The van der Waals surface area contributed by atoms with E-state index in [1.165, 1.54) is 34.3 Å². The third-order valence-corrected chi connectivity index (χ3v) is 6.48. The van der Waals surface area contributed by atoms with Crippen LogP contribution in [0.25, 0.3) is 10.2 Å². The first kappa shape index (κ1) is 15.8. The van der Waals surface area contributed by atoms with Crippen molar-refractivity contribution in [2.24, 2.45) is 0 Å². The Morgan fingerprint density at radius 1 is 1.15 bits per heavy atom. The lowest BCUT2D eigenvalue weighted by Gasteiger charge is -2.28. The van der Waals surface area contributed by atoms with Crippen LogP contribution in [-0.4, -0.2) is 33.9 Å². The van der Waals surface area contributed by atoms with E-state index in [9.17, 15) is 4.79 Å². The van der Waals surface area contributed by atoms with Gasteiger partial charge in [0.1, 0.15) is 11.2 Å². The van der Waals surface area contributed by atoms with Crippen molar-refractivity contribution in [1.82, 2.24) is 14.9 Å². The maximum absolute atomic E-state index is 12.6.